The molecule has 0 radical (unpaired) electrons. The second-order valence-corrected chi connectivity index (χ2v) is 9.18. The van der Waals surface area contributed by atoms with E-state index in [2.05, 4.69) is 15.9 Å². The van der Waals surface area contributed by atoms with Crippen molar-refractivity contribution in [1.29, 1.82) is 0 Å². The summed E-state index contributed by atoms with van der Waals surface area (Å²) in [5.74, 6) is 1.07. The summed E-state index contributed by atoms with van der Waals surface area (Å²) in [5, 5.41) is 12.7. The predicted molar refractivity (Wildman–Crippen MR) is 126 cm³/mol. The molecule has 2 atom stereocenters. The minimum Gasteiger partial charge on any atom is -0.493 e. The number of hydrogen-bond donors (Lipinski definition) is 0. The fraction of sp³-hybridized carbons (Fsp3) is 0.667. The van der Waals surface area contributed by atoms with Gasteiger partial charge in [-0.25, -0.2) is 0 Å². The zero-order valence-corrected chi connectivity index (χ0v) is 20.7. The second kappa shape index (κ2) is 13.1. The van der Waals surface area contributed by atoms with E-state index in [0.717, 1.165) is 36.8 Å². The van der Waals surface area contributed by atoms with Crippen molar-refractivity contribution in [3.63, 3.8) is 0 Å². The third-order valence-corrected chi connectivity index (χ3v) is 6.70. The van der Waals surface area contributed by atoms with Crippen molar-refractivity contribution in [3.05, 3.63) is 27.8 Å². The number of likely N-dealkylation sites (tertiary alicyclic amines) is 1. The van der Waals surface area contributed by atoms with E-state index in [4.69, 9.17) is 14.2 Å². The van der Waals surface area contributed by atoms with Crippen LogP contribution in [0.2, 0.25) is 0 Å². The van der Waals surface area contributed by atoms with Gasteiger partial charge in [-0.1, -0.05) is 22.9 Å². The molecule has 8 nitrogen and oxygen atoms in total. The Morgan fingerprint density at radius 3 is 2.74 bits per heavy atom. The maximum absolute atomic E-state index is 13.4. The lowest BCUT2D eigenvalue weighted by Crippen LogP contribution is -2.43. The zero-order valence-electron chi connectivity index (χ0n) is 18.3. The van der Waals surface area contributed by atoms with Gasteiger partial charge in [-0.2, -0.15) is 0 Å². The molecule has 2 unspecified atom stereocenters. The van der Waals surface area contributed by atoms with Gasteiger partial charge in [-0.3, -0.25) is 14.9 Å². The molecule has 0 spiro atoms. The van der Waals surface area contributed by atoms with Crippen LogP contribution in [0.1, 0.15) is 49.9 Å². The number of amides is 1. The third kappa shape index (κ3) is 6.73. The average molecular weight is 519 g/mol. The molecule has 0 aliphatic carbocycles. The van der Waals surface area contributed by atoms with Crippen molar-refractivity contribution in [1.82, 2.24) is 4.90 Å². The highest BCUT2D eigenvalue weighted by molar-refractivity contribution is 9.09. The van der Waals surface area contributed by atoms with E-state index < -0.39 is 4.92 Å². The molecule has 174 valence electrons. The molecular formula is C21H31BrN2O6S. The zero-order chi connectivity index (χ0) is 22.8. The normalized spacial score (nSPS) is 16.9. The molecule has 0 N–H and O–H groups in total. The molecule has 0 aromatic heterocycles. The molecule has 1 heterocycles. The van der Waals surface area contributed by atoms with Gasteiger partial charge in [0.25, 0.3) is 11.6 Å². The van der Waals surface area contributed by atoms with Crippen LogP contribution in [0.3, 0.4) is 0 Å². The second-order valence-electron chi connectivity index (χ2n) is 7.01. The number of benzene rings is 1. The lowest BCUT2D eigenvalue weighted by Gasteiger charge is -2.31. The molecular weight excluding hydrogens is 488 g/mol. The van der Waals surface area contributed by atoms with Crippen molar-refractivity contribution >= 4 is 39.3 Å². The Hall–Kier alpha value is -1.52. The number of alkyl halides is 1. The van der Waals surface area contributed by atoms with Crippen LogP contribution in [-0.4, -0.2) is 65.2 Å². The number of thioether (sulfide) groups is 1. The Morgan fingerprint density at radius 1 is 1.35 bits per heavy atom. The van der Waals surface area contributed by atoms with Crippen LogP contribution in [0.15, 0.2) is 12.1 Å². The summed E-state index contributed by atoms with van der Waals surface area (Å²) in [4.78, 5) is 26.4. The first-order valence-electron chi connectivity index (χ1n) is 10.6. The number of ether oxygens (including phenoxy) is 3. The van der Waals surface area contributed by atoms with Crippen molar-refractivity contribution in [2.24, 2.45) is 0 Å². The molecule has 2 rings (SSSR count). The number of carbonyl (C=O) groups excluding carboxylic acids is 1. The first-order chi connectivity index (χ1) is 15.0. The number of methoxy groups -OCH3 is 1. The van der Waals surface area contributed by atoms with Crippen LogP contribution < -0.4 is 9.47 Å². The van der Waals surface area contributed by atoms with E-state index in [-0.39, 0.29) is 34.4 Å². The van der Waals surface area contributed by atoms with Crippen LogP contribution in [0, 0.1) is 10.1 Å². The molecule has 0 saturated carbocycles. The monoisotopic (exact) mass is 518 g/mol. The Balaban J connectivity index is 2.34. The maximum Gasteiger partial charge on any atom is 0.286 e. The summed E-state index contributed by atoms with van der Waals surface area (Å²) in [7, 11) is 1.46. The minimum absolute atomic E-state index is 0.0123. The van der Waals surface area contributed by atoms with Gasteiger partial charge < -0.3 is 19.1 Å². The fourth-order valence-electron chi connectivity index (χ4n) is 3.60. The maximum atomic E-state index is 13.4. The molecule has 1 aliphatic rings. The number of rotatable bonds is 13. The van der Waals surface area contributed by atoms with Crippen LogP contribution in [-0.2, 0) is 4.74 Å². The molecule has 1 aromatic carbocycles. The number of carbonyl (C=O) groups is 1. The Morgan fingerprint density at radius 2 is 2.13 bits per heavy atom. The van der Waals surface area contributed by atoms with Crippen molar-refractivity contribution in [2.75, 3.05) is 38.0 Å². The summed E-state index contributed by atoms with van der Waals surface area (Å²) in [5.41, 5.74) is -0.416. The van der Waals surface area contributed by atoms with E-state index in [1.54, 1.807) is 16.7 Å². The number of nitro benzene ring substituents is 1. The van der Waals surface area contributed by atoms with Gasteiger partial charge in [0.15, 0.2) is 11.5 Å². The van der Waals surface area contributed by atoms with Gasteiger partial charge in [0.05, 0.1) is 30.7 Å². The highest BCUT2D eigenvalue weighted by Gasteiger charge is 2.38. The summed E-state index contributed by atoms with van der Waals surface area (Å²) in [6, 6.07) is 2.60. The first-order valence-corrected chi connectivity index (χ1v) is 12.7. The molecule has 1 fully saturated rings. The molecule has 10 heteroatoms. The van der Waals surface area contributed by atoms with Crippen LogP contribution in [0.25, 0.3) is 0 Å². The van der Waals surface area contributed by atoms with Crippen molar-refractivity contribution in [3.8, 4) is 11.5 Å². The predicted octanol–water partition coefficient (Wildman–Crippen LogP) is 4.88. The van der Waals surface area contributed by atoms with Gasteiger partial charge in [0.2, 0.25) is 0 Å². The van der Waals surface area contributed by atoms with Crippen LogP contribution in [0.4, 0.5) is 5.69 Å². The van der Waals surface area contributed by atoms with Gasteiger partial charge >= 0.3 is 0 Å². The molecule has 0 bridgehead atoms. The van der Waals surface area contributed by atoms with E-state index in [1.165, 1.54) is 19.2 Å². The molecule has 1 amide bonds. The van der Waals surface area contributed by atoms with Gasteiger partial charge in [-0.05, 0) is 38.4 Å². The summed E-state index contributed by atoms with van der Waals surface area (Å²) in [6.07, 6.45) is 3.37. The summed E-state index contributed by atoms with van der Waals surface area (Å²) < 4.78 is 17.0. The van der Waals surface area contributed by atoms with Gasteiger partial charge in [-0.15, -0.1) is 11.8 Å². The van der Waals surface area contributed by atoms with E-state index in [1.807, 2.05) is 13.8 Å². The van der Waals surface area contributed by atoms with E-state index >= 15 is 0 Å². The molecule has 1 saturated heterocycles. The third-order valence-electron chi connectivity index (χ3n) is 5.03. The number of unbranched alkanes of at least 4 members (excludes halogenated alkanes) is 1. The number of nitro groups is 1. The minimum atomic E-state index is -0.538. The average Bonchev–Trinajstić information content (AvgIpc) is 3.25. The Kier molecular flexibility index (Phi) is 10.9. The highest BCUT2D eigenvalue weighted by atomic mass is 79.9. The van der Waals surface area contributed by atoms with Crippen LogP contribution in [0.5, 0.6) is 11.5 Å². The fourth-order valence-corrected chi connectivity index (χ4v) is 5.07. The first kappa shape index (κ1) is 25.7. The Bertz CT molecular complexity index is 745. The summed E-state index contributed by atoms with van der Waals surface area (Å²) in [6.45, 7) is 5.47. The standard InChI is InChI=1S/C21H31BrN2O6S/c1-4-29-21(31-5-2)16-9-8-11-23(16)20(25)15-13-18(28-3)19(14-17(15)24(26)27)30-12-7-6-10-22/h13-14,16,21H,4-12H2,1-3H3. The van der Waals surface area contributed by atoms with Crippen molar-refractivity contribution < 1.29 is 23.9 Å². The number of nitrogens with zero attached hydrogens (tertiary/aromatic N) is 2. The number of halogens is 1. The van der Waals surface area contributed by atoms with Gasteiger partial charge in [0, 0.05) is 24.5 Å². The lowest BCUT2D eigenvalue weighted by atomic mass is 10.1. The Labute approximate surface area is 196 Å². The molecule has 1 aliphatic heterocycles. The van der Waals surface area contributed by atoms with Crippen molar-refractivity contribution in [2.45, 2.75) is 51.0 Å². The summed E-state index contributed by atoms with van der Waals surface area (Å²) >= 11 is 5.01. The molecule has 31 heavy (non-hydrogen) atoms. The molecule has 1 aromatic rings. The van der Waals surface area contributed by atoms with Gasteiger partial charge in [0.1, 0.15) is 11.0 Å². The van der Waals surface area contributed by atoms with E-state index in [0.29, 0.717) is 25.5 Å². The topological polar surface area (TPSA) is 91.1 Å². The highest BCUT2D eigenvalue weighted by Crippen LogP contribution is 2.37. The SMILES string of the molecule is CCOC(SCC)C1CCCN1C(=O)c1cc(OC)c(OCCCCBr)cc1[N+](=O)[O-]. The quantitative estimate of drug-likeness (QED) is 0.121. The van der Waals surface area contributed by atoms with Crippen LogP contribution >= 0.6 is 27.7 Å². The number of hydrogen-bond acceptors (Lipinski definition) is 7. The largest absolute Gasteiger partial charge is 0.493 e. The van der Waals surface area contributed by atoms with E-state index in [9.17, 15) is 14.9 Å². The lowest BCUT2D eigenvalue weighted by molar-refractivity contribution is -0.385. The smallest absolute Gasteiger partial charge is 0.286 e.